The number of anilines is 1. The molecule has 0 aliphatic heterocycles. The van der Waals surface area contributed by atoms with Gasteiger partial charge in [-0.25, -0.2) is 0 Å². The molecule has 0 aliphatic carbocycles. The third kappa shape index (κ3) is 3.98. The molecule has 16 heavy (non-hydrogen) atoms. The average Bonchev–Trinajstić information content (AvgIpc) is 2.29. The van der Waals surface area contributed by atoms with Crippen molar-refractivity contribution in [3.63, 3.8) is 0 Å². The molecule has 1 aromatic carbocycles. The molecule has 0 bridgehead atoms. The van der Waals surface area contributed by atoms with Crippen LogP contribution in [0.1, 0.15) is 5.56 Å². The maximum absolute atomic E-state index is 10.4. The van der Waals surface area contributed by atoms with Crippen LogP contribution in [-0.2, 0) is 9.53 Å². The van der Waals surface area contributed by atoms with Gasteiger partial charge in [-0.1, -0.05) is 12.1 Å². The predicted molar refractivity (Wildman–Crippen MR) is 59.7 cm³/mol. The first-order valence-electron chi connectivity index (χ1n) is 4.83. The summed E-state index contributed by atoms with van der Waals surface area (Å²) < 4.78 is 4.97. The van der Waals surface area contributed by atoms with Crippen LogP contribution < -0.4 is 11.1 Å². The number of carbonyl (C=O) groups is 1. The van der Waals surface area contributed by atoms with E-state index in [1.54, 1.807) is 12.1 Å². The Hall–Kier alpha value is -2.06. The lowest BCUT2D eigenvalue weighted by atomic mass is 10.2. The van der Waals surface area contributed by atoms with Crippen LogP contribution in [-0.4, -0.2) is 25.7 Å². The number of benzene rings is 1. The van der Waals surface area contributed by atoms with E-state index in [1.165, 1.54) is 0 Å². The monoisotopic (exact) mass is 219 g/mol. The number of primary amides is 1. The van der Waals surface area contributed by atoms with Gasteiger partial charge in [0, 0.05) is 6.54 Å². The second kappa shape index (κ2) is 6.43. The Labute approximate surface area is 93.8 Å². The molecule has 1 rings (SSSR count). The normalized spacial score (nSPS) is 9.44. The molecule has 0 radical (unpaired) electrons. The summed E-state index contributed by atoms with van der Waals surface area (Å²) in [5, 5.41) is 11.8. The fraction of sp³-hybridized carbons (Fsp3) is 0.273. The van der Waals surface area contributed by atoms with Crippen LogP contribution in [0.25, 0.3) is 0 Å². The summed E-state index contributed by atoms with van der Waals surface area (Å²) in [6.45, 7) is 0.802. The lowest BCUT2D eigenvalue weighted by Crippen LogP contribution is -2.20. The minimum absolute atomic E-state index is 0.0818. The molecule has 3 N–H and O–H groups in total. The van der Waals surface area contributed by atoms with E-state index in [-0.39, 0.29) is 6.61 Å². The molecule has 0 saturated heterocycles. The molecule has 5 heteroatoms. The third-order valence-corrected chi connectivity index (χ3v) is 1.85. The topological polar surface area (TPSA) is 88.1 Å². The van der Waals surface area contributed by atoms with Crippen LogP contribution in [0.2, 0.25) is 0 Å². The van der Waals surface area contributed by atoms with Gasteiger partial charge in [-0.2, -0.15) is 5.26 Å². The smallest absolute Gasteiger partial charge is 0.243 e. The van der Waals surface area contributed by atoms with Crippen LogP contribution in [0, 0.1) is 11.3 Å². The van der Waals surface area contributed by atoms with E-state index in [0.717, 1.165) is 5.69 Å². The van der Waals surface area contributed by atoms with Crippen molar-refractivity contribution >= 4 is 11.6 Å². The molecule has 0 atom stereocenters. The Balaban J connectivity index is 2.32. The summed E-state index contributed by atoms with van der Waals surface area (Å²) in [5.74, 6) is -0.488. The summed E-state index contributed by atoms with van der Waals surface area (Å²) in [6.07, 6.45) is 0. The zero-order valence-corrected chi connectivity index (χ0v) is 8.77. The number of nitrogens with zero attached hydrogens (tertiary/aromatic N) is 1. The SMILES string of the molecule is N#Cc1ccccc1NCCOCC(N)=O. The third-order valence-electron chi connectivity index (χ3n) is 1.85. The molecule has 0 aliphatic rings. The summed E-state index contributed by atoms with van der Waals surface area (Å²) >= 11 is 0. The highest BCUT2D eigenvalue weighted by Crippen LogP contribution is 2.12. The van der Waals surface area contributed by atoms with Crippen molar-refractivity contribution in [3.8, 4) is 6.07 Å². The summed E-state index contributed by atoms with van der Waals surface area (Å²) in [5.41, 5.74) is 6.24. The largest absolute Gasteiger partial charge is 0.382 e. The number of para-hydroxylation sites is 1. The van der Waals surface area contributed by atoms with Crippen LogP contribution in [0.15, 0.2) is 24.3 Å². The molecule has 84 valence electrons. The van der Waals surface area contributed by atoms with Crippen LogP contribution in [0.3, 0.4) is 0 Å². The Kier molecular flexibility index (Phi) is 4.83. The number of nitrogens with one attached hydrogen (secondary N) is 1. The first kappa shape index (κ1) is 12.0. The number of nitriles is 1. The maximum Gasteiger partial charge on any atom is 0.243 e. The summed E-state index contributed by atoms with van der Waals surface area (Å²) in [7, 11) is 0. The number of nitrogens with two attached hydrogens (primary N) is 1. The zero-order chi connectivity index (χ0) is 11.8. The highest BCUT2D eigenvalue weighted by Gasteiger charge is 1.99. The van der Waals surface area contributed by atoms with Gasteiger partial charge in [0.15, 0.2) is 0 Å². The minimum Gasteiger partial charge on any atom is -0.382 e. The van der Waals surface area contributed by atoms with Crippen molar-refractivity contribution in [2.24, 2.45) is 5.73 Å². The van der Waals surface area contributed by atoms with Crippen molar-refractivity contribution < 1.29 is 9.53 Å². The highest BCUT2D eigenvalue weighted by molar-refractivity contribution is 5.74. The predicted octanol–water partition coefficient (Wildman–Crippen LogP) is 0.472. The van der Waals surface area contributed by atoms with E-state index in [9.17, 15) is 4.79 Å². The van der Waals surface area contributed by atoms with Gasteiger partial charge < -0.3 is 15.8 Å². The van der Waals surface area contributed by atoms with Gasteiger partial charge >= 0.3 is 0 Å². The van der Waals surface area contributed by atoms with E-state index in [1.807, 2.05) is 12.1 Å². The fourth-order valence-electron chi connectivity index (χ4n) is 1.17. The van der Waals surface area contributed by atoms with Crippen LogP contribution in [0.4, 0.5) is 5.69 Å². The zero-order valence-electron chi connectivity index (χ0n) is 8.77. The maximum atomic E-state index is 10.4. The Morgan fingerprint density at radius 1 is 1.50 bits per heavy atom. The van der Waals surface area contributed by atoms with Gasteiger partial charge in [0.1, 0.15) is 12.7 Å². The van der Waals surface area contributed by atoms with Gasteiger partial charge in [-0.3, -0.25) is 4.79 Å². The average molecular weight is 219 g/mol. The minimum atomic E-state index is -0.488. The standard InChI is InChI=1S/C11H13N3O2/c12-7-9-3-1-2-4-10(9)14-5-6-16-8-11(13)15/h1-4,14H,5-6,8H2,(H2,13,15). The molecular weight excluding hydrogens is 206 g/mol. The van der Waals surface area contributed by atoms with Gasteiger partial charge in [0.2, 0.25) is 5.91 Å². The molecule has 0 unspecified atom stereocenters. The van der Waals surface area contributed by atoms with Crippen molar-refractivity contribution in [2.45, 2.75) is 0 Å². The van der Waals surface area contributed by atoms with Crippen LogP contribution in [0.5, 0.6) is 0 Å². The van der Waals surface area contributed by atoms with E-state index in [0.29, 0.717) is 18.7 Å². The molecule has 0 heterocycles. The highest BCUT2D eigenvalue weighted by atomic mass is 16.5. The number of carbonyl (C=O) groups excluding carboxylic acids is 1. The van der Waals surface area contributed by atoms with E-state index < -0.39 is 5.91 Å². The first-order valence-corrected chi connectivity index (χ1v) is 4.83. The summed E-state index contributed by atoms with van der Waals surface area (Å²) in [4.78, 5) is 10.4. The van der Waals surface area contributed by atoms with Crippen molar-refractivity contribution in [1.29, 1.82) is 5.26 Å². The molecule has 1 amide bonds. The van der Waals surface area contributed by atoms with Crippen LogP contribution >= 0.6 is 0 Å². The number of ether oxygens (including phenoxy) is 1. The number of amides is 1. The fourth-order valence-corrected chi connectivity index (χ4v) is 1.17. The Morgan fingerprint density at radius 3 is 2.94 bits per heavy atom. The molecule has 0 saturated carbocycles. The van der Waals surface area contributed by atoms with Gasteiger partial charge in [0.05, 0.1) is 17.9 Å². The second-order valence-electron chi connectivity index (χ2n) is 3.10. The first-order chi connectivity index (χ1) is 7.74. The lowest BCUT2D eigenvalue weighted by Gasteiger charge is -2.07. The summed E-state index contributed by atoms with van der Waals surface area (Å²) in [6, 6.07) is 9.26. The number of hydrogen-bond donors (Lipinski definition) is 2. The lowest BCUT2D eigenvalue weighted by molar-refractivity contribution is -0.122. The number of rotatable bonds is 6. The van der Waals surface area contributed by atoms with Crippen molar-refractivity contribution in [2.75, 3.05) is 25.1 Å². The van der Waals surface area contributed by atoms with E-state index in [2.05, 4.69) is 11.4 Å². The molecule has 1 aromatic rings. The second-order valence-corrected chi connectivity index (χ2v) is 3.10. The van der Waals surface area contributed by atoms with E-state index >= 15 is 0 Å². The van der Waals surface area contributed by atoms with Gasteiger partial charge in [-0.05, 0) is 12.1 Å². The molecule has 0 spiro atoms. The van der Waals surface area contributed by atoms with E-state index in [4.69, 9.17) is 15.7 Å². The molecule has 0 fully saturated rings. The molecule has 0 aromatic heterocycles. The van der Waals surface area contributed by atoms with Crippen molar-refractivity contribution in [3.05, 3.63) is 29.8 Å². The Bertz CT molecular complexity index is 398. The molecule has 5 nitrogen and oxygen atoms in total. The quantitative estimate of drug-likeness (QED) is 0.681. The number of hydrogen-bond acceptors (Lipinski definition) is 4. The van der Waals surface area contributed by atoms with Crippen molar-refractivity contribution in [1.82, 2.24) is 0 Å². The molecular formula is C11H13N3O2. The Morgan fingerprint density at radius 2 is 2.25 bits per heavy atom. The van der Waals surface area contributed by atoms with Gasteiger partial charge in [-0.15, -0.1) is 0 Å². The van der Waals surface area contributed by atoms with Gasteiger partial charge in [0.25, 0.3) is 0 Å².